The number of nitrogens with one attached hydrogen (secondary N) is 1. The highest BCUT2D eigenvalue weighted by molar-refractivity contribution is 5.99. The zero-order valence-corrected chi connectivity index (χ0v) is 9.20. The molecule has 0 aliphatic heterocycles. The summed E-state index contributed by atoms with van der Waals surface area (Å²) in [6.45, 7) is 0. The Kier molecular flexibility index (Phi) is 2.26. The minimum absolute atomic E-state index is 0.0143. The summed E-state index contributed by atoms with van der Waals surface area (Å²) in [5.41, 5.74) is 0.437. The number of benzene rings is 1. The molecule has 2 aromatic heterocycles. The molecule has 18 heavy (non-hydrogen) atoms. The van der Waals surface area contributed by atoms with E-state index in [2.05, 4.69) is 10.2 Å². The Morgan fingerprint density at radius 3 is 2.72 bits per heavy atom. The van der Waals surface area contributed by atoms with Crippen LogP contribution in [0.4, 0.5) is 0 Å². The average Bonchev–Trinajstić information content (AvgIpc) is 2.93. The summed E-state index contributed by atoms with van der Waals surface area (Å²) in [5, 5.41) is 15.6. The van der Waals surface area contributed by atoms with Crippen LogP contribution in [0.25, 0.3) is 11.0 Å². The largest absolute Gasteiger partial charge is 0.463 e. The highest BCUT2D eigenvalue weighted by Crippen LogP contribution is 2.10. The molecule has 0 saturated carbocycles. The van der Waals surface area contributed by atoms with Crippen LogP contribution < -0.4 is 5.43 Å². The molecule has 0 spiro atoms. The fourth-order valence-electron chi connectivity index (χ4n) is 1.70. The van der Waals surface area contributed by atoms with E-state index in [1.54, 1.807) is 24.3 Å². The number of aromatic nitrogens is 3. The Labute approximate surface area is 101 Å². The quantitative estimate of drug-likeness (QED) is 0.512. The SMILES string of the molecule is N=C(c1coc2ccccc2c1=O)n1cnnc1. The summed E-state index contributed by atoms with van der Waals surface area (Å²) >= 11 is 0. The van der Waals surface area contributed by atoms with E-state index in [9.17, 15) is 4.79 Å². The zero-order valence-electron chi connectivity index (χ0n) is 9.20. The van der Waals surface area contributed by atoms with Gasteiger partial charge in [0.15, 0.2) is 0 Å². The van der Waals surface area contributed by atoms with Crippen LogP contribution in [0.15, 0.2) is 52.4 Å². The third kappa shape index (κ3) is 1.51. The van der Waals surface area contributed by atoms with Crippen molar-refractivity contribution in [1.82, 2.24) is 14.8 Å². The number of fused-ring (bicyclic) bond motifs is 1. The number of nitrogens with zero attached hydrogens (tertiary/aromatic N) is 3. The van der Waals surface area contributed by atoms with Gasteiger partial charge in [0.1, 0.15) is 35.9 Å². The molecular formula is C12H8N4O2. The van der Waals surface area contributed by atoms with E-state index in [-0.39, 0.29) is 16.8 Å². The highest BCUT2D eigenvalue weighted by atomic mass is 16.3. The van der Waals surface area contributed by atoms with E-state index < -0.39 is 0 Å². The van der Waals surface area contributed by atoms with Crippen LogP contribution in [0.5, 0.6) is 0 Å². The molecule has 0 fully saturated rings. The first-order valence-corrected chi connectivity index (χ1v) is 5.22. The van der Waals surface area contributed by atoms with Gasteiger partial charge in [0, 0.05) is 0 Å². The lowest BCUT2D eigenvalue weighted by molar-refractivity contribution is 0.600. The van der Waals surface area contributed by atoms with Gasteiger partial charge in [0.25, 0.3) is 0 Å². The lowest BCUT2D eigenvalue weighted by Crippen LogP contribution is -2.20. The number of hydrogen-bond donors (Lipinski definition) is 1. The highest BCUT2D eigenvalue weighted by Gasteiger charge is 2.12. The molecule has 0 unspecified atom stereocenters. The Bertz CT molecular complexity index is 774. The second-order valence-electron chi connectivity index (χ2n) is 3.69. The van der Waals surface area contributed by atoms with Gasteiger partial charge in [-0.1, -0.05) is 12.1 Å². The van der Waals surface area contributed by atoms with Gasteiger partial charge in [-0.25, -0.2) is 0 Å². The van der Waals surface area contributed by atoms with Crippen molar-refractivity contribution < 1.29 is 4.42 Å². The first-order valence-electron chi connectivity index (χ1n) is 5.22. The maximum absolute atomic E-state index is 12.2. The maximum Gasteiger partial charge on any atom is 0.203 e. The van der Waals surface area contributed by atoms with E-state index in [4.69, 9.17) is 9.83 Å². The zero-order chi connectivity index (χ0) is 12.5. The van der Waals surface area contributed by atoms with Crippen LogP contribution in [0, 0.1) is 5.41 Å². The van der Waals surface area contributed by atoms with Gasteiger partial charge in [-0.2, -0.15) is 0 Å². The summed E-state index contributed by atoms with van der Waals surface area (Å²) in [5.74, 6) is -0.0143. The number of hydrogen-bond acceptors (Lipinski definition) is 5. The number of rotatable bonds is 1. The second-order valence-corrected chi connectivity index (χ2v) is 3.69. The summed E-state index contributed by atoms with van der Waals surface area (Å²) in [7, 11) is 0. The van der Waals surface area contributed by atoms with Crippen molar-refractivity contribution in [2.24, 2.45) is 0 Å². The average molecular weight is 240 g/mol. The minimum Gasteiger partial charge on any atom is -0.463 e. The van der Waals surface area contributed by atoms with E-state index in [1.165, 1.54) is 23.5 Å². The molecule has 3 rings (SSSR count). The van der Waals surface area contributed by atoms with Gasteiger partial charge >= 0.3 is 0 Å². The second kappa shape index (κ2) is 3.92. The first-order chi connectivity index (χ1) is 8.77. The van der Waals surface area contributed by atoms with Crippen molar-refractivity contribution in [3.05, 3.63) is 59.0 Å². The first kappa shape index (κ1) is 10.4. The van der Waals surface area contributed by atoms with Crippen LogP contribution in [-0.2, 0) is 0 Å². The molecule has 0 bridgehead atoms. The molecule has 3 aromatic rings. The Morgan fingerprint density at radius 2 is 1.94 bits per heavy atom. The Hall–Kier alpha value is -2.76. The molecule has 2 heterocycles. The van der Waals surface area contributed by atoms with Crippen LogP contribution in [-0.4, -0.2) is 20.6 Å². The molecule has 0 radical (unpaired) electrons. The predicted octanol–water partition coefficient (Wildman–Crippen LogP) is 1.26. The topological polar surface area (TPSA) is 84.8 Å². The van der Waals surface area contributed by atoms with Crippen LogP contribution in [0.3, 0.4) is 0 Å². The molecule has 6 heteroatoms. The van der Waals surface area contributed by atoms with Crippen molar-refractivity contribution in [3.8, 4) is 0 Å². The van der Waals surface area contributed by atoms with E-state index in [0.29, 0.717) is 11.0 Å². The lowest BCUT2D eigenvalue weighted by atomic mass is 10.1. The lowest BCUT2D eigenvalue weighted by Gasteiger charge is -2.03. The molecule has 0 aliphatic carbocycles. The Balaban J connectivity index is 2.22. The minimum atomic E-state index is -0.240. The summed E-state index contributed by atoms with van der Waals surface area (Å²) in [6, 6.07) is 6.93. The van der Waals surface area contributed by atoms with Gasteiger partial charge in [0.05, 0.1) is 5.39 Å². The molecule has 1 aromatic carbocycles. The van der Waals surface area contributed by atoms with Crippen molar-refractivity contribution in [2.75, 3.05) is 0 Å². The fraction of sp³-hybridized carbons (Fsp3) is 0. The molecule has 0 aliphatic rings. The molecule has 0 saturated heterocycles. The molecule has 0 atom stereocenters. The summed E-state index contributed by atoms with van der Waals surface area (Å²) in [6.07, 6.45) is 4.00. The summed E-state index contributed by atoms with van der Waals surface area (Å²) in [4.78, 5) is 12.2. The molecule has 6 nitrogen and oxygen atoms in total. The molecule has 88 valence electrons. The van der Waals surface area contributed by atoms with Crippen molar-refractivity contribution >= 4 is 16.8 Å². The van der Waals surface area contributed by atoms with Crippen LogP contribution in [0.1, 0.15) is 5.56 Å². The maximum atomic E-state index is 12.2. The van der Waals surface area contributed by atoms with E-state index in [1.807, 2.05) is 0 Å². The third-order valence-electron chi connectivity index (χ3n) is 2.61. The molecule has 1 N–H and O–H groups in total. The van der Waals surface area contributed by atoms with Crippen molar-refractivity contribution in [1.29, 1.82) is 5.41 Å². The number of para-hydroxylation sites is 1. The van der Waals surface area contributed by atoms with E-state index >= 15 is 0 Å². The van der Waals surface area contributed by atoms with Crippen molar-refractivity contribution in [2.45, 2.75) is 0 Å². The normalized spacial score (nSPS) is 10.7. The smallest absolute Gasteiger partial charge is 0.203 e. The standard InChI is InChI=1S/C12H8N4O2/c13-12(16-6-14-15-7-16)9-5-18-10-4-2-1-3-8(10)11(9)17/h1-7,13H. The van der Waals surface area contributed by atoms with E-state index in [0.717, 1.165) is 0 Å². The van der Waals surface area contributed by atoms with Gasteiger partial charge in [-0.15, -0.1) is 10.2 Å². The van der Waals surface area contributed by atoms with Crippen molar-refractivity contribution in [3.63, 3.8) is 0 Å². The van der Waals surface area contributed by atoms with Gasteiger partial charge in [-0.3, -0.25) is 14.8 Å². The van der Waals surface area contributed by atoms with Gasteiger partial charge in [0.2, 0.25) is 5.43 Å². The van der Waals surface area contributed by atoms with Crippen LogP contribution >= 0.6 is 0 Å². The van der Waals surface area contributed by atoms with Gasteiger partial charge in [-0.05, 0) is 12.1 Å². The summed E-state index contributed by atoms with van der Waals surface area (Å²) < 4.78 is 6.70. The predicted molar refractivity (Wildman–Crippen MR) is 64.7 cm³/mol. The monoisotopic (exact) mass is 240 g/mol. The molecular weight excluding hydrogens is 232 g/mol. The van der Waals surface area contributed by atoms with Crippen LogP contribution in [0.2, 0.25) is 0 Å². The van der Waals surface area contributed by atoms with Gasteiger partial charge < -0.3 is 4.42 Å². The Morgan fingerprint density at radius 1 is 1.22 bits per heavy atom. The molecule has 0 amide bonds. The fourth-order valence-corrected chi connectivity index (χ4v) is 1.70. The third-order valence-corrected chi connectivity index (χ3v) is 2.61.